The fraction of sp³-hybridized carbons (Fsp3) is 0.167. The zero-order chi connectivity index (χ0) is 15.5. The fourth-order valence-corrected chi connectivity index (χ4v) is 2.28. The van der Waals surface area contributed by atoms with Gasteiger partial charge in [-0.3, -0.25) is 9.59 Å². The third kappa shape index (κ3) is 2.76. The molecule has 0 aliphatic rings. The largest absolute Gasteiger partial charge is 0.342 e. The lowest BCUT2D eigenvalue weighted by molar-refractivity contribution is 0.0949. The topological polar surface area (TPSA) is 127 Å². The molecule has 3 rings (SSSR count). The van der Waals surface area contributed by atoms with Crippen molar-refractivity contribution in [2.24, 2.45) is 0 Å². The minimum Gasteiger partial charge on any atom is -0.342 e. The Hall–Kier alpha value is -2.88. The normalized spacial score (nSPS) is 10.6. The first-order valence-corrected chi connectivity index (χ1v) is 7.00. The van der Waals surface area contributed by atoms with E-state index in [4.69, 9.17) is 4.52 Å². The molecule has 22 heavy (non-hydrogen) atoms. The summed E-state index contributed by atoms with van der Waals surface area (Å²) in [5, 5.41) is 10.1. The number of rotatable bonds is 4. The molecule has 0 saturated carbocycles. The summed E-state index contributed by atoms with van der Waals surface area (Å²) in [6.07, 6.45) is 1.51. The van der Waals surface area contributed by atoms with Crippen LogP contribution in [0.3, 0.4) is 0 Å². The number of amides is 1. The number of pyridine rings is 1. The maximum atomic E-state index is 11.9. The lowest BCUT2D eigenvalue weighted by Gasteiger charge is -1.98. The van der Waals surface area contributed by atoms with Crippen LogP contribution >= 0.6 is 11.5 Å². The van der Waals surface area contributed by atoms with Crippen molar-refractivity contribution in [1.82, 2.24) is 30.0 Å². The Balaban J connectivity index is 1.70. The Morgan fingerprint density at radius 2 is 2.36 bits per heavy atom. The standard InChI is InChI=1S/C12H10N6O3S/c1-6-9(22-18-16-6)12(20)14-5-8-15-10(17-21-8)7-3-2-4-13-11(7)19/h2-4H,5H2,1H3,(H,13,19)(H,14,20). The lowest BCUT2D eigenvalue weighted by atomic mass is 10.3. The number of carbonyl (C=O) groups excluding carboxylic acids is 1. The van der Waals surface area contributed by atoms with Crippen LogP contribution in [0.4, 0.5) is 0 Å². The Kier molecular flexibility index (Phi) is 3.74. The van der Waals surface area contributed by atoms with Crippen LogP contribution in [0.15, 0.2) is 27.6 Å². The summed E-state index contributed by atoms with van der Waals surface area (Å²) < 4.78 is 8.71. The average Bonchev–Trinajstić information content (AvgIpc) is 3.14. The van der Waals surface area contributed by atoms with E-state index in [1.54, 1.807) is 19.1 Å². The highest BCUT2D eigenvalue weighted by Gasteiger charge is 2.15. The van der Waals surface area contributed by atoms with Crippen molar-refractivity contribution in [2.45, 2.75) is 13.5 Å². The van der Waals surface area contributed by atoms with Crippen LogP contribution in [-0.4, -0.2) is 30.6 Å². The first-order valence-electron chi connectivity index (χ1n) is 6.23. The summed E-state index contributed by atoms with van der Waals surface area (Å²) in [5.41, 5.74) is 0.543. The van der Waals surface area contributed by atoms with Gasteiger partial charge in [-0.2, -0.15) is 4.98 Å². The van der Waals surface area contributed by atoms with Crippen molar-refractivity contribution >= 4 is 17.4 Å². The molecule has 0 bridgehead atoms. The summed E-state index contributed by atoms with van der Waals surface area (Å²) in [6, 6.07) is 3.24. The van der Waals surface area contributed by atoms with Crippen molar-refractivity contribution < 1.29 is 9.32 Å². The summed E-state index contributed by atoms with van der Waals surface area (Å²) >= 11 is 1.01. The van der Waals surface area contributed by atoms with Gasteiger partial charge in [0.1, 0.15) is 4.88 Å². The Labute approximate surface area is 127 Å². The van der Waals surface area contributed by atoms with Gasteiger partial charge in [0, 0.05) is 6.20 Å². The lowest BCUT2D eigenvalue weighted by Crippen LogP contribution is -2.22. The second-order valence-corrected chi connectivity index (χ2v) is 5.05. The number of aromatic nitrogens is 5. The number of hydrogen-bond donors (Lipinski definition) is 2. The van der Waals surface area contributed by atoms with Crippen molar-refractivity contribution in [3.05, 3.63) is 45.1 Å². The smallest absolute Gasteiger partial charge is 0.265 e. The number of H-pyrrole nitrogens is 1. The second-order valence-electron chi connectivity index (χ2n) is 4.29. The average molecular weight is 318 g/mol. The van der Waals surface area contributed by atoms with Gasteiger partial charge in [-0.15, -0.1) is 5.10 Å². The molecular weight excluding hydrogens is 308 g/mol. The fourth-order valence-electron chi connectivity index (χ4n) is 1.71. The van der Waals surface area contributed by atoms with Crippen molar-refractivity contribution in [3.63, 3.8) is 0 Å². The molecule has 0 aromatic carbocycles. The summed E-state index contributed by atoms with van der Waals surface area (Å²) in [6.45, 7) is 1.75. The summed E-state index contributed by atoms with van der Waals surface area (Å²) in [7, 11) is 0. The van der Waals surface area contributed by atoms with Crippen LogP contribution in [0, 0.1) is 6.92 Å². The highest BCUT2D eigenvalue weighted by molar-refractivity contribution is 7.07. The SMILES string of the molecule is Cc1nnsc1C(=O)NCc1nc(-c2ccc[nH]c2=O)no1. The van der Waals surface area contributed by atoms with Crippen LogP contribution in [0.2, 0.25) is 0 Å². The number of aryl methyl sites for hydroxylation is 1. The van der Waals surface area contributed by atoms with Crippen LogP contribution in [0.1, 0.15) is 21.3 Å². The van der Waals surface area contributed by atoms with Gasteiger partial charge in [0.25, 0.3) is 11.5 Å². The number of aromatic amines is 1. The third-order valence-corrected chi connectivity index (χ3v) is 3.61. The molecule has 0 radical (unpaired) electrons. The zero-order valence-electron chi connectivity index (χ0n) is 11.4. The molecular formula is C12H10N6O3S. The van der Waals surface area contributed by atoms with E-state index >= 15 is 0 Å². The molecule has 3 aromatic heterocycles. The molecule has 112 valence electrons. The molecule has 0 aliphatic carbocycles. The van der Waals surface area contributed by atoms with Crippen LogP contribution < -0.4 is 10.9 Å². The van der Waals surface area contributed by atoms with Gasteiger partial charge in [0.05, 0.1) is 17.8 Å². The Morgan fingerprint density at radius 1 is 1.50 bits per heavy atom. The van der Waals surface area contributed by atoms with E-state index in [0.717, 1.165) is 11.5 Å². The molecule has 0 unspecified atom stereocenters. The number of carbonyl (C=O) groups is 1. The third-order valence-electron chi connectivity index (χ3n) is 2.79. The number of nitrogens with one attached hydrogen (secondary N) is 2. The van der Waals surface area contributed by atoms with Crippen molar-refractivity contribution in [1.29, 1.82) is 0 Å². The summed E-state index contributed by atoms with van der Waals surface area (Å²) in [5.74, 6) is 0.0493. The molecule has 0 fully saturated rings. The Bertz CT molecular complexity index is 867. The van der Waals surface area contributed by atoms with Gasteiger partial charge in [0.2, 0.25) is 11.7 Å². The van der Waals surface area contributed by atoms with E-state index in [1.807, 2.05) is 0 Å². The van der Waals surface area contributed by atoms with E-state index in [9.17, 15) is 9.59 Å². The van der Waals surface area contributed by atoms with Gasteiger partial charge < -0.3 is 14.8 Å². The van der Waals surface area contributed by atoms with Gasteiger partial charge in [-0.05, 0) is 30.6 Å². The predicted octanol–water partition coefficient (Wildman–Crippen LogP) is 0.515. The monoisotopic (exact) mass is 318 g/mol. The van der Waals surface area contributed by atoms with E-state index < -0.39 is 0 Å². The molecule has 9 nitrogen and oxygen atoms in total. The van der Waals surface area contributed by atoms with Crippen LogP contribution in [0.25, 0.3) is 11.4 Å². The summed E-state index contributed by atoms with van der Waals surface area (Å²) in [4.78, 5) is 30.6. The highest BCUT2D eigenvalue weighted by atomic mass is 32.1. The predicted molar refractivity (Wildman–Crippen MR) is 76.2 cm³/mol. The number of hydrogen-bond acceptors (Lipinski definition) is 8. The first kappa shape index (κ1) is 14.1. The van der Waals surface area contributed by atoms with E-state index in [1.165, 1.54) is 6.20 Å². The van der Waals surface area contributed by atoms with Gasteiger partial charge in [0.15, 0.2) is 0 Å². The molecule has 0 spiro atoms. The van der Waals surface area contributed by atoms with Gasteiger partial charge in [-0.25, -0.2) is 0 Å². The van der Waals surface area contributed by atoms with E-state index in [0.29, 0.717) is 16.1 Å². The molecule has 10 heteroatoms. The molecule has 3 heterocycles. The first-order chi connectivity index (χ1) is 10.6. The van der Waals surface area contributed by atoms with Crippen LogP contribution in [0.5, 0.6) is 0 Å². The zero-order valence-corrected chi connectivity index (χ0v) is 12.2. The maximum Gasteiger partial charge on any atom is 0.265 e. The van der Waals surface area contributed by atoms with Gasteiger partial charge >= 0.3 is 0 Å². The Morgan fingerprint density at radius 3 is 3.09 bits per heavy atom. The minimum atomic E-state index is -0.315. The molecule has 0 atom stereocenters. The minimum absolute atomic E-state index is 0.0495. The molecule has 0 saturated heterocycles. The molecule has 0 aliphatic heterocycles. The molecule has 2 N–H and O–H groups in total. The van der Waals surface area contributed by atoms with Crippen LogP contribution in [-0.2, 0) is 6.54 Å². The highest BCUT2D eigenvalue weighted by Crippen LogP contribution is 2.11. The van der Waals surface area contributed by atoms with Crippen molar-refractivity contribution in [2.75, 3.05) is 0 Å². The molecule has 1 amide bonds. The molecule has 3 aromatic rings. The number of nitrogens with zero attached hydrogens (tertiary/aromatic N) is 4. The van der Waals surface area contributed by atoms with Gasteiger partial charge in [-0.1, -0.05) is 9.64 Å². The van der Waals surface area contributed by atoms with E-state index in [-0.39, 0.29) is 29.7 Å². The second kappa shape index (κ2) is 5.85. The quantitative estimate of drug-likeness (QED) is 0.717. The maximum absolute atomic E-state index is 11.9. The van der Waals surface area contributed by atoms with E-state index in [2.05, 4.69) is 30.0 Å². The van der Waals surface area contributed by atoms with Crippen molar-refractivity contribution in [3.8, 4) is 11.4 Å².